The second kappa shape index (κ2) is 3.97. The Labute approximate surface area is 71.1 Å². The quantitative estimate of drug-likeness (QED) is 0.678. The fraction of sp³-hybridized carbons (Fsp3) is 0.333. The standard InChI is InChI=1S/C9H11NO2/c1-7(6-11)9(12)8-3-2-4-10-5-8/h2-7,9,12H,1H3/t7-,9+/m0/s1. The van der Waals surface area contributed by atoms with Crippen LogP contribution in [0.3, 0.4) is 0 Å². The number of pyridine rings is 1. The number of aliphatic hydroxyl groups is 1. The van der Waals surface area contributed by atoms with Crippen LogP contribution >= 0.6 is 0 Å². The molecule has 1 heterocycles. The zero-order valence-corrected chi connectivity index (χ0v) is 6.84. The first-order valence-electron chi connectivity index (χ1n) is 3.79. The van der Waals surface area contributed by atoms with E-state index < -0.39 is 6.10 Å². The Hall–Kier alpha value is -1.22. The van der Waals surface area contributed by atoms with Crippen LogP contribution in [-0.4, -0.2) is 16.4 Å². The summed E-state index contributed by atoms with van der Waals surface area (Å²) >= 11 is 0. The van der Waals surface area contributed by atoms with Gasteiger partial charge in [0.15, 0.2) is 0 Å². The van der Waals surface area contributed by atoms with Gasteiger partial charge in [-0.3, -0.25) is 4.98 Å². The van der Waals surface area contributed by atoms with Gasteiger partial charge in [-0.1, -0.05) is 13.0 Å². The van der Waals surface area contributed by atoms with E-state index in [-0.39, 0.29) is 5.92 Å². The summed E-state index contributed by atoms with van der Waals surface area (Å²) in [6.45, 7) is 1.67. The van der Waals surface area contributed by atoms with Crippen LogP contribution in [0.2, 0.25) is 0 Å². The summed E-state index contributed by atoms with van der Waals surface area (Å²) in [6, 6.07) is 3.48. The topological polar surface area (TPSA) is 50.2 Å². The minimum atomic E-state index is -0.740. The first kappa shape index (κ1) is 8.87. The maximum atomic E-state index is 10.3. The molecule has 0 aliphatic carbocycles. The van der Waals surface area contributed by atoms with Crippen molar-refractivity contribution in [2.75, 3.05) is 0 Å². The third-order valence-electron chi connectivity index (χ3n) is 1.74. The van der Waals surface area contributed by atoms with E-state index in [1.54, 1.807) is 31.5 Å². The van der Waals surface area contributed by atoms with Crippen molar-refractivity contribution in [3.63, 3.8) is 0 Å². The Kier molecular flexibility index (Phi) is 2.94. The second-order valence-electron chi connectivity index (χ2n) is 2.73. The van der Waals surface area contributed by atoms with Gasteiger partial charge >= 0.3 is 0 Å². The number of carbonyl (C=O) groups excluding carboxylic acids is 1. The van der Waals surface area contributed by atoms with Crippen LogP contribution in [0.4, 0.5) is 0 Å². The van der Waals surface area contributed by atoms with Gasteiger partial charge in [-0.15, -0.1) is 0 Å². The zero-order valence-electron chi connectivity index (χ0n) is 6.84. The van der Waals surface area contributed by atoms with Crippen molar-refractivity contribution < 1.29 is 9.90 Å². The highest BCUT2D eigenvalue weighted by Crippen LogP contribution is 2.18. The first-order valence-corrected chi connectivity index (χ1v) is 3.79. The van der Waals surface area contributed by atoms with E-state index in [4.69, 9.17) is 0 Å². The molecular formula is C9H11NO2. The van der Waals surface area contributed by atoms with E-state index in [0.29, 0.717) is 5.56 Å². The van der Waals surface area contributed by atoms with Crippen LogP contribution in [0.5, 0.6) is 0 Å². The molecule has 64 valence electrons. The van der Waals surface area contributed by atoms with E-state index in [2.05, 4.69) is 4.98 Å². The molecule has 0 aliphatic rings. The monoisotopic (exact) mass is 165 g/mol. The van der Waals surface area contributed by atoms with Crippen molar-refractivity contribution >= 4 is 6.29 Å². The highest BCUT2D eigenvalue weighted by atomic mass is 16.3. The number of aromatic nitrogens is 1. The Balaban J connectivity index is 2.78. The molecule has 2 atom stereocenters. The normalized spacial score (nSPS) is 15.2. The van der Waals surface area contributed by atoms with E-state index in [1.165, 1.54) is 0 Å². The molecule has 1 aromatic rings. The average Bonchev–Trinajstić information content (AvgIpc) is 2.17. The van der Waals surface area contributed by atoms with E-state index in [1.807, 2.05) is 0 Å². The predicted molar refractivity (Wildman–Crippen MR) is 44.4 cm³/mol. The van der Waals surface area contributed by atoms with Gasteiger partial charge < -0.3 is 9.90 Å². The number of hydrogen-bond acceptors (Lipinski definition) is 3. The third-order valence-corrected chi connectivity index (χ3v) is 1.74. The molecule has 0 amide bonds. The highest BCUT2D eigenvalue weighted by Gasteiger charge is 2.14. The summed E-state index contributed by atoms with van der Waals surface area (Å²) in [5, 5.41) is 9.52. The Morgan fingerprint density at radius 2 is 2.42 bits per heavy atom. The van der Waals surface area contributed by atoms with E-state index in [9.17, 15) is 9.90 Å². The molecule has 1 N–H and O–H groups in total. The molecular weight excluding hydrogens is 154 g/mol. The van der Waals surface area contributed by atoms with Gasteiger partial charge in [0, 0.05) is 18.3 Å². The van der Waals surface area contributed by atoms with E-state index >= 15 is 0 Å². The number of carbonyl (C=O) groups is 1. The van der Waals surface area contributed by atoms with Crippen LogP contribution in [-0.2, 0) is 4.79 Å². The van der Waals surface area contributed by atoms with Crippen molar-refractivity contribution in [2.24, 2.45) is 5.92 Å². The van der Waals surface area contributed by atoms with Crippen LogP contribution in [0, 0.1) is 5.92 Å². The number of rotatable bonds is 3. The Bertz CT molecular complexity index is 248. The molecule has 3 heteroatoms. The lowest BCUT2D eigenvalue weighted by Gasteiger charge is -2.12. The van der Waals surface area contributed by atoms with Crippen LogP contribution in [0.15, 0.2) is 24.5 Å². The molecule has 0 saturated carbocycles. The van der Waals surface area contributed by atoms with E-state index in [0.717, 1.165) is 6.29 Å². The van der Waals surface area contributed by atoms with Gasteiger partial charge in [-0.05, 0) is 11.6 Å². The second-order valence-corrected chi connectivity index (χ2v) is 2.73. The smallest absolute Gasteiger partial charge is 0.125 e. The fourth-order valence-corrected chi connectivity index (χ4v) is 0.929. The lowest BCUT2D eigenvalue weighted by atomic mass is 10.0. The number of aliphatic hydroxyl groups excluding tert-OH is 1. The molecule has 0 fully saturated rings. The zero-order chi connectivity index (χ0) is 8.97. The SMILES string of the molecule is C[C@@H](C=O)[C@@H](O)c1cccnc1. The molecule has 0 aliphatic heterocycles. The van der Waals surface area contributed by atoms with Gasteiger partial charge in [0.1, 0.15) is 6.29 Å². The summed E-state index contributed by atoms with van der Waals surface area (Å²) in [7, 11) is 0. The molecule has 0 bridgehead atoms. The summed E-state index contributed by atoms with van der Waals surface area (Å²) in [4.78, 5) is 14.2. The summed E-state index contributed by atoms with van der Waals surface area (Å²) in [5.41, 5.74) is 0.678. The molecule has 0 aromatic carbocycles. The molecule has 0 spiro atoms. The van der Waals surface area contributed by atoms with Gasteiger partial charge in [0.2, 0.25) is 0 Å². The third kappa shape index (κ3) is 1.89. The molecule has 0 unspecified atom stereocenters. The van der Waals surface area contributed by atoms with Crippen LogP contribution in [0.1, 0.15) is 18.6 Å². The highest BCUT2D eigenvalue weighted by molar-refractivity contribution is 5.54. The Morgan fingerprint density at radius 3 is 2.92 bits per heavy atom. The number of nitrogens with zero attached hydrogens (tertiary/aromatic N) is 1. The summed E-state index contributed by atoms with van der Waals surface area (Å²) < 4.78 is 0. The van der Waals surface area contributed by atoms with Crippen molar-refractivity contribution in [1.82, 2.24) is 4.98 Å². The van der Waals surface area contributed by atoms with Crippen molar-refractivity contribution in [1.29, 1.82) is 0 Å². The van der Waals surface area contributed by atoms with Crippen LogP contribution < -0.4 is 0 Å². The molecule has 1 rings (SSSR count). The van der Waals surface area contributed by atoms with Gasteiger partial charge in [-0.2, -0.15) is 0 Å². The molecule has 0 saturated heterocycles. The van der Waals surface area contributed by atoms with Gasteiger partial charge in [-0.25, -0.2) is 0 Å². The summed E-state index contributed by atoms with van der Waals surface area (Å²) in [5.74, 6) is -0.380. The minimum Gasteiger partial charge on any atom is -0.388 e. The van der Waals surface area contributed by atoms with Crippen molar-refractivity contribution in [3.05, 3.63) is 30.1 Å². The summed E-state index contributed by atoms with van der Waals surface area (Å²) in [6.07, 6.45) is 3.18. The predicted octanol–water partition coefficient (Wildman–Crippen LogP) is 0.950. The first-order chi connectivity index (χ1) is 5.75. The largest absolute Gasteiger partial charge is 0.388 e. The van der Waals surface area contributed by atoms with Gasteiger partial charge in [0.25, 0.3) is 0 Å². The molecule has 12 heavy (non-hydrogen) atoms. The van der Waals surface area contributed by atoms with Crippen molar-refractivity contribution in [2.45, 2.75) is 13.0 Å². The van der Waals surface area contributed by atoms with Gasteiger partial charge in [0.05, 0.1) is 6.10 Å². The molecule has 0 radical (unpaired) electrons. The lowest BCUT2D eigenvalue weighted by molar-refractivity contribution is -0.113. The minimum absolute atomic E-state index is 0.380. The lowest BCUT2D eigenvalue weighted by Crippen LogP contribution is -2.10. The maximum Gasteiger partial charge on any atom is 0.125 e. The fourth-order valence-electron chi connectivity index (χ4n) is 0.929. The molecule has 1 aromatic heterocycles. The Morgan fingerprint density at radius 1 is 1.67 bits per heavy atom. The number of hydrogen-bond donors (Lipinski definition) is 1. The molecule has 3 nitrogen and oxygen atoms in total. The maximum absolute atomic E-state index is 10.3. The average molecular weight is 165 g/mol. The van der Waals surface area contributed by atoms with Crippen LogP contribution in [0.25, 0.3) is 0 Å². The number of aldehydes is 1. The van der Waals surface area contributed by atoms with Crippen molar-refractivity contribution in [3.8, 4) is 0 Å².